The Kier molecular flexibility index (Phi) is 14.1. The fourth-order valence-electron chi connectivity index (χ4n) is 3.29. The largest absolute Gasteiger partial charge is 0.481 e. The number of ether oxygens (including phenoxy) is 4. The number of amides is 2. The molecule has 194 valence electrons. The summed E-state index contributed by atoms with van der Waals surface area (Å²) in [5.41, 5.74) is 1.04. The molecule has 1 unspecified atom stereocenters. The number of hydrogen-bond donors (Lipinski definition) is 3. The molecular formula is C25H36N2O8. The number of carboxylic acids is 1. The van der Waals surface area contributed by atoms with E-state index in [1.807, 2.05) is 0 Å². The van der Waals surface area contributed by atoms with Crippen LogP contribution in [-0.4, -0.2) is 75.4 Å². The van der Waals surface area contributed by atoms with Crippen molar-refractivity contribution in [1.29, 1.82) is 0 Å². The van der Waals surface area contributed by atoms with Crippen molar-refractivity contribution in [2.45, 2.75) is 44.6 Å². The highest BCUT2D eigenvalue weighted by atomic mass is 16.6. The number of benzene rings is 1. The van der Waals surface area contributed by atoms with Crippen LogP contribution in [0.4, 0.5) is 10.5 Å². The average molecular weight is 493 g/mol. The number of carboxylic acid groups (broad SMARTS) is 1. The first kappa shape index (κ1) is 28.3. The maximum Gasteiger partial charge on any atom is 0.411 e. The highest BCUT2D eigenvalue weighted by Crippen LogP contribution is 2.17. The number of carbonyl (C=O) groups excluding carboxylic acids is 2. The van der Waals surface area contributed by atoms with Gasteiger partial charge >= 0.3 is 12.1 Å². The first-order valence-electron chi connectivity index (χ1n) is 12.0. The fraction of sp³-hybridized carbons (Fsp3) is 0.560. The molecular weight excluding hydrogens is 456 g/mol. The first-order chi connectivity index (χ1) is 17.0. The fourth-order valence-corrected chi connectivity index (χ4v) is 3.29. The van der Waals surface area contributed by atoms with E-state index in [1.165, 1.54) is 0 Å². The summed E-state index contributed by atoms with van der Waals surface area (Å²) in [5, 5.41) is 14.0. The molecule has 1 aromatic carbocycles. The van der Waals surface area contributed by atoms with Crippen molar-refractivity contribution in [3.8, 4) is 0 Å². The molecule has 0 saturated heterocycles. The molecule has 0 radical (unpaired) electrons. The lowest BCUT2D eigenvalue weighted by atomic mass is 10.0. The van der Waals surface area contributed by atoms with Gasteiger partial charge in [0.1, 0.15) is 6.10 Å². The van der Waals surface area contributed by atoms with E-state index >= 15 is 0 Å². The summed E-state index contributed by atoms with van der Waals surface area (Å²) in [6.45, 7) is 2.30. The lowest BCUT2D eigenvalue weighted by Crippen LogP contribution is -2.27. The summed E-state index contributed by atoms with van der Waals surface area (Å²) in [7, 11) is 0. The van der Waals surface area contributed by atoms with Crippen molar-refractivity contribution in [2.24, 2.45) is 0 Å². The summed E-state index contributed by atoms with van der Waals surface area (Å²) in [5.74, 6) is -1.13. The van der Waals surface area contributed by atoms with E-state index in [9.17, 15) is 14.4 Å². The Balaban J connectivity index is 1.52. The summed E-state index contributed by atoms with van der Waals surface area (Å²) in [6, 6.07) is 6.60. The van der Waals surface area contributed by atoms with Crippen LogP contribution in [-0.2, 0) is 23.7 Å². The molecule has 0 aliphatic heterocycles. The van der Waals surface area contributed by atoms with Gasteiger partial charge in [0.25, 0.3) is 5.91 Å². The maximum absolute atomic E-state index is 12.2. The lowest BCUT2D eigenvalue weighted by molar-refractivity contribution is -0.138. The Hall–Kier alpha value is -2.95. The molecule has 35 heavy (non-hydrogen) atoms. The second kappa shape index (κ2) is 17.5. The summed E-state index contributed by atoms with van der Waals surface area (Å²) >= 11 is 0. The Morgan fingerprint density at radius 2 is 1.51 bits per heavy atom. The SMILES string of the molecule is O=C(O)CCOCCOCCOCCNC(=O)c1ccc(NC(=O)OC2CC/C=C\CCC2)cc1. The Bertz CT molecular complexity index is 797. The zero-order chi connectivity index (χ0) is 25.1. The van der Waals surface area contributed by atoms with Crippen LogP contribution in [0.3, 0.4) is 0 Å². The van der Waals surface area contributed by atoms with Crippen molar-refractivity contribution in [3.05, 3.63) is 42.0 Å². The van der Waals surface area contributed by atoms with Crippen LogP contribution in [0.25, 0.3) is 0 Å². The molecule has 0 heterocycles. The van der Waals surface area contributed by atoms with Gasteiger partial charge in [-0.15, -0.1) is 0 Å². The van der Waals surface area contributed by atoms with Crippen LogP contribution in [0.15, 0.2) is 36.4 Å². The van der Waals surface area contributed by atoms with Gasteiger partial charge in [0.15, 0.2) is 0 Å². The third-order valence-corrected chi connectivity index (χ3v) is 5.12. The van der Waals surface area contributed by atoms with Crippen LogP contribution in [0.2, 0.25) is 0 Å². The number of nitrogens with one attached hydrogen (secondary N) is 2. The third kappa shape index (κ3) is 13.5. The van der Waals surface area contributed by atoms with Crippen LogP contribution in [0.5, 0.6) is 0 Å². The van der Waals surface area contributed by atoms with Gasteiger partial charge in [-0.2, -0.15) is 0 Å². The van der Waals surface area contributed by atoms with Gasteiger partial charge in [0.2, 0.25) is 0 Å². The van der Waals surface area contributed by atoms with Gasteiger partial charge in [0, 0.05) is 17.8 Å². The number of carbonyl (C=O) groups is 3. The topological polar surface area (TPSA) is 132 Å². The Morgan fingerprint density at radius 3 is 2.23 bits per heavy atom. The minimum absolute atomic E-state index is 0.0246. The third-order valence-electron chi connectivity index (χ3n) is 5.12. The summed E-state index contributed by atoms with van der Waals surface area (Å²) < 4.78 is 21.3. The second-order valence-electron chi connectivity index (χ2n) is 7.95. The zero-order valence-corrected chi connectivity index (χ0v) is 20.0. The quantitative estimate of drug-likeness (QED) is 0.251. The number of anilines is 1. The molecule has 1 aliphatic rings. The monoisotopic (exact) mass is 492 g/mol. The molecule has 1 aromatic rings. The standard InChI is InChI=1S/C25H36N2O8/c28-23(29)12-14-32-16-18-34-19-17-33-15-13-26-24(30)20-8-10-21(11-9-20)27-25(31)35-22-6-4-2-1-3-5-7-22/h1-2,8-11,22H,3-7,12-19H2,(H,26,30)(H,27,31)(H,28,29)/b2-1-. The highest BCUT2D eigenvalue weighted by Gasteiger charge is 2.15. The smallest absolute Gasteiger partial charge is 0.411 e. The normalized spacial score (nSPS) is 16.5. The molecule has 2 rings (SSSR count). The predicted octanol–water partition coefficient (Wildman–Crippen LogP) is 3.38. The van der Waals surface area contributed by atoms with E-state index in [4.69, 9.17) is 24.1 Å². The van der Waals surface area contributed by atoms with E-state index in [0.29, 0.717) is 50.8 Å². The van der Waals surface area contributed by atoms with Crippen molar-refractivity contribution in [1.82, 2.24) is 5.32 Å². The van der Waals surface area contributed by atoms with Crippen LogP contribution in [0.1, 0.15) is 48.9 Å². The van der Waals surface area contributed by atoms with Crippen molar-refractivity contribution >= 4 is 23.7 Å². The Morgan fingerprint density at radius 1 is 0.857 bits per heavy atom. The average Bonchev–Trinajstić information content (AvgIpc) is 2.81. The molecule has 3 N–H and O–H groups in total. The highest BCUT2D eigenvalue weighted by molar-refractivity contribution is 5.95. The molecule has 0 aromatic heterocycles. The number of hydrogen-bond acceptors (Lipinski definition) is 7. The minimum atomic E-state index is -0.893. The molecule has 10 nitrogen and oxygen atoms in total. The van der Waals surface area contributed by atoms with E-state index in [2.05, 4.69) is 22.8 Å². The van der Waals surface area contributed by atoms with Crippen molar-refractivity contribution in [2.75, 3.05) is 51.5 Å². The molecule has 1 atom stereocenters. The van der Waals surface area contributed by atoms with Crippen LogP contribution in [0, 0.1) is 0 Å². The number of aliphatic carboxylic acids is 1. The van der Waals surface area contributed by atoms with Gasteiger partial charge in [-0.3, -0.25) is 14.9 Å². The summed E-state index contributed by atoms with van der Waals surface area (Å²) in [6.07, 6.45) is 8.33. The zero-order valence-electron chi connectivity index (χ0n) is 20.0. The first-order valence-corrected chi connectivity index (χ1v) is 12.0. The molecule has 0 bridgehead atoms. The van der Waals surface area contributed by atoms with Gasteiger partial charge in [-0.25, -0.2) is 4.79 Å². The molecule has 10 heteroatoms. The van der Waals surface area contributed by atoms with E-state index in [0.717, 1.165) is 32.1 Å². The van der Waals surface area contributed by atoms with Gasteiger partial charge in [-0.05, 0) is 56.4 Å². The maximum atomic E-state index is 12.2. The Labute approximate surface area is 206 Å². The van der Waals surface area contributed by atoms with Crippen LogP contribution >= 0.6 is 0 Å². The van der Waals surface area contributed by atoms with Crippen molar-refractivity contribution < 1.29 is 38.4 Å². The second-order valence-corrected chi connectivity index (χ2v) is 7.95. The van der Waals surface area contributed by atoms with Gasteiger partial charge in [-0.1, -0.05) is 12.2 Å². The van der Waals surface area contributed by atoms with Crippen molar-refractivity contribution in [3.63, 3.8) is 0 Å². The molecule has 2 amide bonds. The molecule has 0 fully saturated rings. The minimum Gasteiger partial charge on any atom is -0.481 e. The van der Waals surface area contributed by atoms with E-state index in [-0.39, 0.29) is 25.0 Å². The lowest BCUT2D eigenvalue weighted by Gasteiger charge is -2.18. The summed E-state index contributed by atoms with van der Waals surface area (Å²) in [4.78, 5) is 34.7. The van der Waals surface area contributed by atoms with Crippen LogP contribution < -0.4 is 10.6 Å². The molecule has 0 saturated carbocycles. The molecule has 0 spiro atoms. The molecule has 1 aliphatic carbocycles. The number of allylic oxidation sites excluding steroid dienone is 2. The van der Waals surface area contributed by atoms with E-state index < -0.39 is 12.1 Å². The van der Waals surface area contributed by atoms with Gasteiger partial charge < -0.3 is 29.4 Å². The van der Waals surface area contributed by atoms with Gasteiger partial charge in [0.05, 0.1) is 46.1 Å². The van der Waals surface area contributed by atoms with E-state index in [1.54, 1.807) is 24.3 Å². The number of rotatable bonds is 15. The predicted molar refractivity (Wildman–Crippen MR) is 130 cm³/mol.